The van der Waals surface area contributed by atoms with Gasteiger partial charge < -0.3 is 15.5 Å². The van der Waals surface area contributed by atoms with Crippen LogP contribution in [-0.4, -0.2) is 27.7 Å². The Kier molecular flexibility index (Phi) is 5.35. The number of alkyl halides is 3. The van der Waals surface area contributed by atoms with E-state index >= 15 is 0 Å². The van der Waals surface area contributed by atoms with Crippen molar-refractivity contribution in [2.24, 2.45) is 11.7 Å². The first-order valence-electron chi connectivity index (χ1n) is 10.5. The number of nitrogens with one attached hydrogen (secondary N) is 1. The summed E-state index contributed by atoms with van der Waals surface area (Å²) < 4.78 is 62.5. The van der Waals surface area contributed by atoms with Crippen molar-refractivity contribution in [2.75, 3.05) is 0 Å². The second-order valence-corrected chi connectivity index (χ2v) is 9.11. The Hall–Kier alpha value is -3.27. The number of nitrogens with zero attached hydrogens (tertiary/aromatic N) is 1. The van der Waals surface area contributed by atoms with E-state index in [1.807, 2.05) is 0 Å². The molecule has 3 aromatic rings. The number of benzene rings is 1. The molecule has 3 heterocycles. The first-order chi connectivity index (χ1) is 15.7. The summed E-state index contributed by atoms with van der Waals surface area (Å²) in [5.41, 5.74) is 1.55. The molecule has 6 nitrogen and oxygen atoms in total. The maximum Gasteiger partial charge on any atom is 0.417 e. The standard InChI is InChI=1S/C24H23F4N3O3/c1-11-9-13(5-6-14(11)25)22(3)12(2)23(4,24(26,27)28)34-20(22)16-10-17(32)18-15(31-16)7-8-30-19(18)21(29)33/h5-10,12,20H,1-4H3,(H2,29,33)(H,31,32)/t12-,20-,22-,23+/m0/s1. The van der Waals surface area contributed by atoms with Gasteiger partial charge in [-0.25, -0.2) is 4.39 Å². The molecule has 1 aliphatic rings. The van der Waals surface area contributed by atoms with Gasteiger partial charge in [-0.15, -0.1) is 0 Å². The number of amides is 1. The minimum atomic E-state index is -4.72. The summed E-state index contributed by atoms with van der Waals surface area (Å²) in [6.07, 6.45) is -4.71. The SMILES string of the molecule is Cc1cc([C@@]2(C)[C@H](c3cc(=O)c4c(C(N)=O)nccc4[nH]3)O[C@@](C)(C(F)(F)F)[C@H]2C)ccc1F. The minimum Gasteiger partial charge on any atom is -0.364 e. The predicted octanol–water partition coefficient (Wildman–Crippen LogP) is 4.46. The fourth-order valence-corrected chi connectivity index (χ4v) is 4.90. The van der Waals surface area contributed by atoms with Gasteiger partial charge in [0.1, 0.15) is 17.6 Å². The fourth-order valence-electron chi connectivity index (χ4n) is 4.90. The number of primary amides is 1. The third-order valence-corrected chi connectivity index (χ3v) is 7.25. The number of ether oxygens (including phenoxy) is 1. The molecule has 2 aromatic heterocycles. The predicted molar refractivity (Wildman–Crippen MR) is 117 cm³/mol. The Morgan fingerprint density at radius 3 is 2.47 bits per heavy atom. The normalized spacial score (nSPS) is 27.3. The summed E-state index contributed by atoms with van der Waals surface area (Å²) in [6.45, 7) is 5.54. The maximum atomic E-state index is 14.2. The molecule has 3 N–H and O–H groups in total. The molecule has 1 amide bonds. The lowest BCUT2D eigenvalue weighted by Gasteiger charge is -2.37. The number of H-pyrrole nitrogens is 1. The van der Waals surface area contributed by atoms with E-state index in [1.165, 1.54) is 44.3 Å². The third-order valence-electron chi connectivity index (χ3n) is 7.25. The molecule has 0 radical (unpaired) electrons. The van der Waals surface area contributed by atoms with Crippen molar-refractivity contribution >= 4 is 16.8 Å². The van der Waals surface area contributed by atoms with Crippen LogP contribution in [0.3, 0.4) is 0 Å². The van der Waals surface area contributed by atoms with E-state index in [4.69, 9.17) is 10.5 Å². The largest absolute Gasteiger partial charge is 0.417 e. The van der Waals surface area contributed by atoms with E-state index in [2.05, 4.69) is 9.97 Å². The third kappa shape index (κ3) is 3.31. The van der Waals surface area contributed by atoms with Crippen LogP contribution in [-0.2, 0) is 10.2 Å². The second-order valence-electron chi connectivity index (χ2n) is 9.11. The average Bonchev–Trinajstić information content (AvgIpc) is 2.98. The summed E-state index contributed by atoms with van der Waals surface area (Å²) in [4.78, 5) is 31.5. The molecule has 0 unspecified atom stereocenters. The molecule has 1 aromatic carbocycles. The molecule has 1 fully saturated rings. The van der Waals surface area contributed by atoms with Crippen LogP contribution in [0.25, 0.3) is 10.9 Å². The summed E-state index contributed by atoms with van der Waals surface area (Å²) in [7, 11) is 0. The number of hydrogen-bond donors (Lipinski definition) is 2. The van der Waals surface area contributed by atoms with E-state index in [1.54, 1.807) is 6.92 Å². The minimum absolute atomic E-state index is 0.0669. The number of hydrogen-bond acceptors (Lipinski definition) is 4. The van der Waals surface area contributed by atoms with Crippen molar-refractivity contribution in [3.63, 3.8) is 0 Å². The van der Waals surface area contributed by atoms with E-state index in [0.29, 0.717) is 5.56 Å². The van der Waals surface area contributed by atoms with Gasteiger partial charge in [0.05, 0.1) is 10.9 Å². The van der Waals surface area contributed by atoms with Gasteiger partial charge in [0.15, 0.2) is 11.0 Å². The fraction of sp³-hybridized carbons (Fsp3) is 0.375. The van der Waals surface area contributed by atoms with Gasteiger partial charge in [-0.2, -0.15) is 13.2 Å². The van der Waals surface area contributed by atoms with Gasteiger partial charge in [0.2, 0.25) is 0 Å². The van der Waals surface area contributed by atoms with Crippen molar-refractivity contribution in [3.05, 3.63) is 75.1 Å². The van der Waals surface area contributed by atoms with Gasteiger partial charge in [-0.05, 0) is 37.1 Å². The molecule has 0 spiro atoms. The number of carbonyl (C=O) groups excluding carboxylic acids is 1. The van der Waals surface area contributed by atoms with Crippen molar-refractivity contribution in [3.8, 4) is 0 Å². The Labute approximate surface area is 192 Å². The lowest BCUT2D eigenvalue weighted by Crippen LogP contribution is -2.49. The Balaban J connectivity index is 1.99. The van der Waals surface area contributed by atoms with Crippen LogP contribution in [0.5, 0.6) is 0 Å². The molecular formula is C24H23F4N3O3. The Morgan fingerprint density at radius 1 is 1.21 bits per heavy atom. The van der Waals surface area contributed by atoms with Crippen LogP contribution < -0.4 is 11.2 Å². The highest BCUT2D eigenvalue weighted by Crippen LogP contribution is 2.61. The molecule has 0 saturated carbocycles. The van der Waals surface area contributed by atoms with Gasteiger partial charge in [-0.3, -0.25) is 14.6 Å². The molecule has 10 heteroatoms. The van der Waals surface area contributed by atoms with Crippen molar-refractivity contribution in [1.29, 1.82) is 0 Å². The number of halogens is 4. The van der Waals surface area contributed by atoms with Crippen molar-refractivity contribution in [2.45, 2.75) is 51.0 Å². The van der Waals surface area contributed by atoms with Crippen molar-refractivity contribution < 1.29 is 27.1 Å². The lowest BCUT2D eigenvalue weighted by molar-refractivity contribution is -0.275. The van der Waals surface area contributed by atoms with Crippen molar-refractivity contribution in [1.82, 2.24) is 9.97 Å². The highest BCUT2D eigenvalue weighted by atomic mass is 19.4. The number of fused-ring (bicyclic) bond motifs is 1. The zero-order valence-corrected chi connectivity index (χ0v) is 18.9. The summed E-state index contributed by atoms with van der Waals surface area (Å²) >= 11 is 0. The Morgan fingerprint density at radius 2 is 1.88 bits per heavy atom. The van der Waals surface area contributed by atoms with Gasteiger partial charge in [0.25, 0.3) is 5.91 Å². The van der Waals surface area contributed by atoms with Crippen LogP contribution >= 0.6 is 0 Å². The van der Waals surface area contributed by atoms with E-state index in [9.17, 15) is 27.2 Å². The summed E-state index contributed by atoms with van der Waals surface area (Å²) in [6, 6.07) is 6.67. The van der Waals surface area contributed by atoms with Crippen LogP contribution in [0.2, 0.25) is 0 Å². The molecule has 0 bridgehead atoms. The molecule has 180 valence electrons. The number of rotatable bonds is 3. The Bertz CT molecular complexity index is 1370. The zero-order chi connectivity index (χ0) is 25.2. The highest BCUT2D eigenvalue weighted by Gasteiger charge is 2.68. The second kappa shape index (κ2) is 7.63. The number of aromatic amines is 1. The van der Waals surface area contributed by atoms with E-state index in [-0.39, 0.29) is 27.9 Å². The van der Waals surface area contributed by atoms with Gasteiger partial charge in [0, 0.05) is 29.3 Å². The maximum absolute atomic E-state index is 14.2. The highest BCUT2D eigenvalue weighted by molar-refractivity contribution is 6.03. The first kappa shape index (κ1) is 23.9. The van der Waals surface area contributed by atoms with Crippen LogP contribution in [0.1, 0.15) is 54.2 Å². The molecule has 4 rings (SSSR count). The molecule has 4 atom stereocenters. The number of aromatic nitrogens is 2. The lowest BCUT2D eigenvalue weighted by atomic mass is 9.65. The summed E-state index contributed by atoms with van der Waals surface area (Å²) in [5.74, 6) is -2.52. The van der Waals surface area contributed by atoms with Crippen LogP contribution in [0, 0.1) is 18.7 Å². The molecule has 1 saturated heterocycles. The van der Waals surface area contributed by atoms with E-state index in [0.717, 1.165) is 13.0 Å². The molecule has 1 aliphatic heterocycles. The number of nitrogens with two attached hydrogens (primary N) is 1. The monoisotopic (exact) mass is 477 g/mol. The van der Waals surface area contributed by atoms with Crippen LogP contribution in [0.15, 0.2) is 41.3 Å². The van der Waals surface area contributed by atoms with Crippen LogP contribution in [0.4, 0.5) is 17.6 Å². The number of pyridine rings is 2. The zero-order valence-electron chi connectivity index (χ0n) is 18.9. The van der Waals surface area contributed by atoms with Gasteiger partial charge in [-0.1, -0.05) is 26.0 Å². The molecular weight excluding hydrogens is 454 g/mol. The quantitative estimate of drug-likeness (QED) is 0.545. The molecule has 34 heavy (non-hydrogen) atoms. The molecule has 0 aliphatic carbocycles. The topological polar surface area (TPSA) is 98.1 Å². The number of carbonyl (C=O) groups is 1. The summed E-state index contributed by atoms with van der Waals surface area (Å²) in [5, 5.41) is -0.0669. The number of aryl methyl sites for hydroxylation is 1. The van der Waals surface area contributed by atoms with E-state index < -0.39 is 46.4 Å². The smallest absolute Gasteiger partial charge is 0.364 e. The van der Waals surface area contributed by atoms with Gasteiger partial charge >= 0.3 is 6.18 Å². The average molecular weight is 477 g/mol. The first-order valence-corrected chi connectivity index (χ1v) is 10.5.